The highest BCUT2D eigenvalue weighted by Crippen LogP contribution is 2.27. The van der Waals surface area contributed by atoms with Crippen molar-refractivity contribution in [3.8, 4) is 0 Å². The minimum Gasteiger partial charge on any atom is -0.480 e. The summed E-state index contributed by atoms with van der Waals surface area (Å²) in [6, 6.07) is -1.11. The molecule has 3 N–H and O–H groups in total. The molecule has 1 aliphatic rings. The maximum absolute atomic E-state index is 12.0. The van der Waals surface area contributed by atoms with Crippen molar-refractivity contribution in [2.45, 2.75) is 45.2 Å². The predicted octanol–water partition coefficient (Wildman–Crippen LogP) is 0.652. The Hall–Kier alpha value is -1.30. The first-order valence-corrected chi connectivity index (χ1v) is 6.36. The van der Waals surface area contributed by atoms with E-state index >= 15 is 0 Å². The fourth-order valence-corrected chi connectivity index (χ4v) is 1.80. The summed E-state index contributed by atoms with van der Waals surface area (Å²) in [5, 5.41) is 20.2. The first-order chi connectivity index (χ1) is 8.45. The molecule has 1 unspecified atom stereocenters. The van der Waals surface area contributed by atoms with E-state index in [0.717, 1.165) is 12.8 Å². The first kappa shape index (κ1) is 14.8. The fourth-order valence-electron chi connectivity index (χ4n) is 1.80. The third-order valence-corrected chi connectivity index (χ3v) is 2.82. The number of aliphatic hydroxyl groups is 1. The van der Waals surface area contributed by atoms with Crippen LogP contribution < -0.4 is 5.32 Å². The second-order valence-corrected chi connectivity index (χ2v) is 5.13. The van der Waals surface area contributed by atoms with Gasteiger partial charge in [0.25, 0.3) is 0 Å². The summed E-state index contributed by atoms with van der Waals surface area (Å²) >= 11 is 0. The van der Waals surface area contributed by atoms with Crippen molar-refractivity contribution in [3.63, 3.8) is 0 Å². The monoisotopic (exact) mass is 258 g/mol. The number of amides is 2. The number of aliphatic hydroxyl groups excluding tert-OH is 1. The SMILES string of the molecule is CC(C)CN(C(=O)NC(CCO)C(=O)O)C1CC1. The molecule has 0 saturated heterocycles. The van der Waals surface area contributed by atoms with Gasteiger partial charge in [0.15, 0.2) is 0 Å². The molecule has 1 aliphatic carbocycles. The number of carbonyl (C=O) groups is 2. The summed E-state index contributed by atoms with van der Waals surface area (Å²) in [5.41, 5.74) is 0. The quantitative estimate of drug-likeness (QED) is 0.625. The van der Waals surface area contributed by atoms with Crippen molar-refractivity contribution in [1.82, 2.24) is 10.2 Å². The average Bonchev–Trinajstić information content (AvgIpc) is 3.08. The van der Waals surface area contributed by atoms with Gasteiger partial charge in [-0.15, -0.1) is 0 Å². The van der Waals surface area contributed by atoms with Crippen LogP contribution in [0.3, 0.4) is 0 Å². The first-order valence-electron chi connectivity index (χ1n) is 6.36. The molecule has 1 rings (SSSR count). The zero-order valence-electron chi connectivity index (χ0n) is 10.9. The molecular formula is C12H22N2O4. The summed E-state index contributed by atoms with van der Waals surface area (Å²) in [6.07, 6.45) is 2.00. The average molecular weight is 258 g/mol. The maximum atomic E-state index is 12.0. The molecule has 6 nitrogen and oxygen atoms in total. The third-order valence-electron chi connectivity index (χ3n) is 2.82. The zero-order chi connectivity index (χ0) is 13.7. The predicted molar refractivity (Wildman–Crippen MR) is 66.2 cm³/mol. The Balaban J connectivity index is 2.56. The van der Waals surface area contributed by atoms with Gasteiger partial charge >= 0.3 is 12.0 Å². The number of nitrogens with one attached hydrogen (secondary N) is 1. The highest BCUT2D eigenvalue weighted by Gasteiger charge is 2.34. The van der Waals surface area contributed by atoms with E-state index in [1.54, 1.807) is 4.90 Å². The lowest BCUT2D eigenvalue weighted by Gasteiger charge is -2.26. The van der Waals surface area contributed by atoms with E-state index in [2.05, 4.69) is 5.32 Å². The second kappa shape index (κ2) is 6.58. The summed E-state index contributed by atoms with van der Waals surface area (Å²) in [7, 11) is 0. The van der Waals surface area contributed by atoms with Gasteiger partial charge in [0.1, 0.15) is 6.04 Å². The van der Waals surface area contributed by atoms with Crippen molar-refractivity contribution < 1.29 is 19.8 Å². The van der Waals surface area contributed by atoms with Crippen LogP contribution in [0.1, 0.15) is 33.1 Å². The smallest absolute Gasteiger partial charge is 0.326 e. The number of carboxylic acids is 1. The third kappa shape index (κ3) is 4.52. The minimum atomic E-state index is -1.11. The number of nitrogens with zero attached hydrogens (tertiary/aromatic N) is 1. The standard InChI is InChI=1S/C12H22N2O4/c1-8(2)7-14(9-3-4-9)12(18)13-10(5-6-15)11(16)17/h8-10,15H,3-7H2,1-2H3,(H,13,18)(H,16,17). The van der Waals surface area contributed by atoms with Crippen molar-refractivity contribution in [2.24, 2.45) is 5.92 Å². The van der Waals surface area contributed by atoms with Gasteiger partial charge in [-0.3, -0.25) is 0 Å². The molecule has 2 amide bonds. The largest absolute Gasteiger partial charge is 0.480 e. The van der Waals surface area contributed by atoms with E-state index in [1.165, 1.54) is 0 Å². The van der Waals surface area contributed by atoms with Crippen LogP contribution in [-0.2, 0) is 4.79 Å². The van der Waals surface area contributed by atoms with Crippen LogP contribution in [0.25, 0.3) is 0 Å². The molecule has 0 radical (unpaired) electrons. The van der Waals surface area contributed by atoms with Gasteiger partial charge < -0.3 is 20.4 Å². The van der Waals surface area contributed by atoms with Gasteiger partial charge in [0.05, 0.1) is 0 Å². The molecule has 0 aliphatic heterocycles. The van der Waals surface area contributed by atoms with E-state index in [1.807, 2.05) is 13.8 Å². The van der Waals surface area contributed by atoms with Crippen LogP contribution in [0.15, 0.2) is 0 Å². The molecule has 18 heavy (non-hydrogen) atoms. The molecule has 1 saturated carbocycles. The molecule has 0 bridgehead atoms. The van der Waals surface area contributed by atoms with Gasteiger partial charge in [-0.1, -0.05) is 13.8 Å². The molecule has 0 aromatic heterocycles. The van der Waals surface area contributed by atoms with Crippen molar-refractivity contribution >= 4 is 12.0 Å². The highest BCUT2D eigenvalue weighted by atomic mass is 16.4. The summed E-state index contributed by atoms with van der Waals surface area (Å²) in [6.45, 7) is 4.41. The summed E-state index contributed by atoms with van der Waals surface area (Å²) < 4.78 is 0. The van der Waals surface area contributed by atoms with Crippen LogP contribution >= 0.6 is 0 Å². The lowest BCUT2D eigenvalue weighted by Crippen LogP contribution is -2.50. The second-order valence-electron chi connectivity index (χ2n) is 5.13. The summed E-state index contributed by atoms with van der Waals surface area (Å²) in [4.78, 5) is 24.6. The molecular weight excluding hydrogens is 236 g/mol. The van der Waals surface area contributed by atoms with E-state index in [4.69, 9.17) is 10.2 Å². The maximum Gasteiger partial charge on any atom is 0.326 e. The Labute approximate surface area is 107 Å². The van der Waals surface area contributed by atoms with Crippen molar-refractivity contribution in [2.75, 3.05) is 13.2 Å². The molecule has 104 valence electrons. The molecule has 0 aromatic carbocycles. The van der Waals surface area contributed by atoms with E-state index < -0.39 is 12.0 Å². The van der Waals surface area contributed by atoms with Crippen LogP contribution in [-0.4, -0.2) is 52.3 Å². The van der Waals surface area contributed by atoms with Crippen LogP contribution in [0, 0.1) is 5.92 Å². The number of hydrogen-bond donors (Lipinski definition) is 3. The Bertz CT molecular complexity index is 302. The van der Waals surface area contributed by atoms with Gasteiger partial charge in [-0.25, -0.2) is 9.59 Å². The van der Waals surface area contributed by atoms with E-state index in [9.17, 15) is 9.59 Å². The lowest BCUT2D eigenvalue weighted by atomic mass is 10.2. The number of carbonyl (C=O) groups excluding carboxylic acids is 1. The van der Waals surface area contributed by atoms with Gasteiger partial charge in [0, 0.05) is 25.6 Å². The topological polar surface area (TPSA) is 89.9 Å². The Morgan fingerprint density at radius 1 is 1.39 bits per heavy atom. The molecule has 1 atom stereocenters. The number of rotatable bonds is 7. The number of urea groups is 1. The van der Waals surface area contributed by atoms with Crippen molar-refractivity contribution in [1.29, 1.82) is 0 Å². The van der Waals surface area contributed by atoms with Gasteiger partial charge in [-0.05, 0) is 18.8 Å². The fraction of sp³-hybridized carbons (Fsp3) is 0.833. The highest BCUT2D eigenvalue weighted by molar-refractivity contribution is 5.82. The summed E-state index contributed by atoms with van der Waals surface area (Å²) in [5.74, 6) is -0.768. The molecule has 0 heterocycles. The zero-order valence-corrected chi connectivity index (χ0v) is 10.9. The Kier molecular flexibility index (Phi) is 5.40. The molecule has 0 spiro atoms. The molecule has 6 heteroatoms. The van der Waals surface area contributed by atoms with Gasteiger partial charge in [0.2, 0.25) is 0 Å². The lowest BCUT2D eigenvalue weighted by molar-refractivity contribution is -0.139. The van der Waals surface area contributed by atoms with Gasteiger partial charge in [-0.2, -0.15) is 0 Å². The van der Waals surface area contributed by atoms with Crippen LogP contribution in [0.4, 0.5) is 4.79 Å². The van der Waals surface area contributed by atoms with Crippen molar-refractivity contribution in [3.05, 3.63) is 0 Å². The Morgan fingerprint density at radius 3 is 2.39 bits per heavy atom. The van der Waals surface area contributed by atoms with E-state index in [0.29, 0.717) is 12.5 Å². The molecule has 1 fully saturated rings. The minimum absolute atomic E-state index is 0.0290. The Morgan fingerprint density at radius 2 is 2.00 bits per heavy atom. The van der Waals surface area contributed by atoms with E-state index in [-0.39, 0.29) is 25.1 Å². The number of aliphatic carboxylic acids is 1. The molecule has 0 aromatic rings. The van der Waals surface area contributed by atoms with Crippen LogP contribution in [0.2, 0.25) is 0 Å². The van der Waals surface area contributed by atoms with Crippen LogP contribution in [0.5, 0.6) is 0 Å². The normalized spacial score (nSPS) is 16.4. The number of carboxylic acid groups (broad SMARTS) is 1. The number of hydrogen-bond acceptors (Lipinski definition) is 3.